The van der Waals surface area contributed by atoms with Crippen molar-refractivity contribution in [3.05, 3.63) is 41.7 Å². The summed E-state index contributed by atoms with van der Waals surface area (Å²) in [6, 6.07) is 6.62. The Balaban J connectivity index is 1.79. The van der Waals surface area contributed by atoms with Crippen LogP contribution in [0, 0.1) is 5.82 Å². The van der Waals surface area contributed by atoms with Crippen LogP contribution in [-0.4, -0.2) is 31.6 Å². The minimum Gasteiger partial charge on any atom is -0.347 e. The molecule has 20 heavy (non-hydrogen) atoms. The molecule has 2 atom stereocenters. The zero-order valence-electron chi connectivity index (χ0n) is 11.9. The van der Waals surface area contributed by atoms with Crippen molar-refractivity contribution in [1.29, 1.82) is 0 Å². The van der Waals surface area contributed by atoms with Gasteiger partial charge in [-0.2, -0.15) is 0 Å². The van der Waals surface area contributed by atoms with Crippen LogP contribution in [0.2, 0.25) is 0 Å². The highest BCUT2D eigenvalue weighted by Crippen LogP contribution is 2.04. The average molecular weight is 277 g/mol. The van der Waals surface area contributed by atoms with E-state index in [9.17, 15) is 9.18 Å². The smallest absolute Gasteiger partial charge is 0.244 e. The van der Waals surface area contributed by atoms with Crippen molar-refractivity contribution >= 4 is 12.0 Å². The lowest BCUT2D eigenvalue weighted by Crippen LogP contribution is -3.14. The van der Waals surface area contributed by atoms with E-state index in [1.54, 1.807) is 23.1 Å². The number of halogens is 1. The van der Waals surface area contributed by atoms with Gasteiger partial charge < -0.3 is 10.2 Å². The summed E-state index contributed by atoms with van der Waals surface area (Å²) in [4.78, 5) is 13.3. The largest absolute Gasteiger partial charge is 0.347 e. The first-order valence-electron chi connectivity index (χ1n) is 7.25. The van der Waals surface area contributed by atoms with Crippen LogP contribution in [0.25, 0.3) is 6.08 Å². The van der Waals surface area contributed by atoms with Crippen LogP contribution in [-0.2, 0) is 4.79 Å². The summed E-state index contributed by atoms with van der Waals surface area (Å²) in [7, 11) is 0. The van der Waals surface area contributed by atoms with E-state index >= 15 is 0 Å². The van der Waals surface area contributed by atoms with Crippen LogP contribution >= 0.6 is 0 Å². The van der Waals surface area contributed by atoms with Gasteiger partial charge in [-0.15, -0.1) is 0 Å². The molecule has 1 aromatic rings. The molecule has 0 radical (unpaired) electrons. The topological polar surface area (TPSA) is 33.5 Å². The molecule has 0 spiro atoms. The number of amides is 1. The van der Waals surface area contributed by atoms with E-state index in [-0.39, 0.29) is 11.7 Å². The molecule has 1 aliphatic heterocycles. The van der Waals surface area contributed by atoms with Gasteiger partial charge in [-0.1, -0.05) is 12.1 Å². The maximum absolute atomic E-state index is 12.7. The fourth-order valence-electron chi connectivity index (χ4n) is 2.72. The third-order valence-electron chi connectivity index (χ3n) is 3.90. The second-order valence-electron chi connectivity index (χ2n) is 5.23. The van der Waals surface area contributed by atoms with Crippen LogP contribution in [0.1, 0.15) is 25.3 Å². The molecule has 0 aromatic heterocycles. The van der Waals surface area contributed by atoms with E-state index in [0.717, 1.165) is 18.7 Å². The standard InChI is InChI=1S/C16H21FN2O/c1-2-19-11-3-4-15(19)12-18-16(20)10-7-13-5-8-14(17)9-6-13/h5-10,15H,2-4,11-12H2,1H3,(H,18,20)/p+1/b10-7+/t15-/m0/s1. The number of carbonyl (C=O) groups excluding carboxylic acids is 1. The maximum atomic E-state index is 12.7. The molecule has 1 heterocycles. The minimum absolute atomic E-state index is 0.0864. The van der Waals surface area contributed by atoms with Gasteiger partial charge in [-0.05, 0) is 30.7 Å². The van der Waals surface area contributed by atoms with Gasteiger partial charge in [0.1, 0.15) is 11.9 Å². The molecular formula is C16H22FN2O+. The monoisotopic (exact) mass is 277 g/mol. The Morgan fingerprint density at radius 2 is 2.20 bits per heavy atom. The van der Waals surface area contributed by atoms with Gasteiger partial charge in [0.15, 0.2) is 0 Å². The molecule has 1 aliphatic rings. The van der Waals surface area contributed by atoms with Gasteiger partial charge in [-0.3, -0.25) is 4.79 Å². The second kappa shape index (κ2) is 7.20. The van der Waals surface area contributed by atoms with Crippen molar-refractivity contribution in [3.8, 4) is 0 Å². The molecule has 4 heteroatoms. The molecule has 1 saturated heterocycles. The van der Waals surface area contributed by atoms with E-state index in [4.69, 9.17) is 0 Å². The number of hydrogen-bond acceptors (Lipinski definition) is 1. The lowest BCUT2D eigenvalue weighted by atomic mass is 10.2. The fourth-order valence-corrected chi connectivity index (χ4v) is 2.72. The Morgan fingerprint density at radius 3 is 2.90 bits per heavy atom. The number of nitrogens with one attached hydrogen (secondary N) is 2. The molecule has 1 amide bonds. The number of carbonyl (C=O) groups is 1. The summed E-state index contributed by atoms with van der Waals surface area (Å²) in [5, 5.41) is 2.95. The molecule has 2 N–H and O–H groups in total. The van der Waals surface area contributed by atoms with Crippen LogP contribution in [0.15, 0.2) is 30.3 Å². The molecule has 0 saturated carbocycles. The van der Waals surface area contributed by atoms with Crippen LogP contribution in [0.3, 0.4) is 0 Å². The van der Waals surface area contributed by atoms with Gasteiger partial charge in [0.2, 0.25) is 5.91 Å². The van der Waals surface area contributed by atoms with Crippen LogP contribution in [0.4, 0.5) is 4.39 Å². The molecule has 108 valence electrons. The van der Waals surface area contributed by atoms with E-state index in [0.29, 0.717) is 6.04 Å². The number of quaternary nitrogens is 1. The Kier molecular flexibility index (Phi) is 5.30. The first kappa shape index (κ1) is 14.7. The Labute approximate surface area is 119 Å². The Bertz CT molecular complexity index is 470. The van der Waals surface area contributed by atoms with E-state index in [1.165, 1.54) is 37.6 Å². The van der Waals surface area contributed by atoms with Gasteiger partial charge in [-0.25, -0.2) is 4.39 Å². The normalized spacial score (nSPS) is 22.3. The number of likely N-dealkylation sites (tertiary alicyclic amines) is 1. The highest BCUT2D eigenvalue weighted by Gasteiger charge is 2.26. The van der Waals surface area contributed by atoms with Gasteiger partial charge in [0, 0.05) is 18.9 Å². The molecule has 0 bridgehead atoms. The summed E-state index contributed by atoms with van der Waals surface area (Å²) in [5.74, 6) is -0.354. The van der Waals surface area contributed by atoms with Crippen molar-refractivity contribution in [3.63, 3.8) is 0 Å². The first-order chi connectivity index (χ1) is 9.69. The lowest BCUT2D eigenvalue weighted by molar-refractivity contribution is -0.909. The zero-order valence-corrected chi connectivity index (χ0v) is 11.9. The molecule has 3 nitrogen and oxygen atoms in total. The van der Waals surface area contributed by atoms with Crippen molar-refractivity contribution in [1.82, 2.24) is 5.32 Å². The summed E-state index contributed by atoms with van der Waals surface area (Å²) >= 11 is 0. The first-order valence-corrected chi connectivity index (χ1v) is 7.25. The molecule has 2 rings (SSSR count). The molecule has 1 fully saturated rings. The second-order valence-corrected chi connectivity index (χ2v) is 5.23. The summed E-state index contributed by atoms with van der Waals surface area (Å²) in [6.45, 7) is 5.24. The van der Waals surface area contributed by atoms with Gasteiger partial charge in [0.05, 0.1) is 19.6 Å². The highest BCUT2D eigenvalue weighted by molar-refractivity contribution is 5.91. The van der Waals surface area contributed by atoms with Gasteiger partial charge in [0.25, 0.3) is 0 Å². The van der Waals surface area contributed by atoms with E-state index in [2.05, 4.69) is 12.2 Å². The van der Waals surface area contributed by atoms with Crippen molar-refractivity contribution in [2.75, 3.05) is 19.6 Å². The van der Waals surface area contributed by atoms with E-state index in [1.807, 2.05) is 0 Å². The zero-order chi connectivity index (χ0) is 14.4. The predicted molar refractivity (Wildman–Crippen MR) is 77.8 cm³/mol. The Morgan fingerprint density at radius 1 is 1.45 bits per heavy atom. The lowest BCUT2D eigenvalue weighted by Gasteiger charge is -2.19. The van der Waals surface area contributed by atoms with Gasteiger partial charge >= 0.3 is 0 Å². The van der Waals surface area contributed by atoms with Crippen molar-refractivity contribution < 1.29 is 14.1 Å². The number of benzene rings is 1. The SMILES string of the molecule is CC[NH+]1CCC[C@H]1CNC(=O)/C=C/c1ccc(F)cc1. The number of rotatable bonds is 5. The predicted octanol–water partition coefficient (Wildman–Crippen LogP) is 1.02. The molecule has 0 aliphatic carbocycles. The number of hydrogen-bond donors (Lipinski definition) is 2. The fraction of sp³-hybridized carbons (Fsp3) is 0.438. The molecule has 1 aromatic carbocycles. The van der Waals surface area contributed by atoms with Crippen LogP contribution < -0.4 is 10.2 Å². The molecular weight excluding hydrogens is 255 g/mol. The van der Waals surface area contributed by atoms with E-state index < -0.39 is 0 Å². The van der Waals surface area contributed by atoms with Crippen LogP contribution in [0.5, 0.6) is 0 Å². The minimum atomic E-state index is -0.268. The Hall–Kier alpha value is -1.68. The average Bonchev–Trinajstić information content (AvgIpc) is 2.92. The highest BCUT2D eigenvalue weighted by atomic mass is 19.1. The summed E-state index contributed by atoms with van der Waals surface area (Å²) in [5.41, 5.74) is 0.822. The maximum Gasteiger partial charge on any atom is 0.244 e. The number of likely N-dealkylation sites (N-methyl/N-ethyl adjacent to an activating group) is 1. The summed E-state index contributed by atoms with van der Waals surface area (Å²) < 4.78 is 12.7. The quantitative estimate of drug-likeness (QED) is 0.774. The third kappa shape index (κ3) is 4.17. The molecule has 1 unspecified atom stereocenters. The van der Waals surface area contributed by atoms with Crippen molar-refractivity contribution in [2.24, 2.45) is 0 Å². The van der Waals surface area contributed by atoms with Crippen molar-refractivity contribution in [2.45, 2.75) is 25.8 Å². The summed E-state index contributed by atoms with van der Waals surface area (Å²) in [6.07, 6.45) is 5.64. The third-order valence-corrected chi connectivity index (χ3v) is 3.90.